The highest BCUT2D eigenvalue weighted by Gasteiger charge is 2.05. The maximum atomic E-state index is 10.8. The predicted octanol–water partition coefficient (Wildman–Crippen LogP) is 2.86. The van der Waals surface area contributed by atoms with Gasteiger partial charge in [-0.25, -0.2) is 0 Å². The van der Waals surface area contributed by atoms with E-state index in [0.717, 1.165) is 35.7 Å². The number of hydrogen-bond acceptors (Lipinski definition) is 1. The molecule has 0 amide bonds. The molecule has 0 aliphatic heterocycles. The summed E-state index contributed by atoms with van der Waals surface area (Å²) in [5, 5.41) is 1.05. The summed E-state index contributed by atoms with van der Waals surface area (Å²) in [5.74, 6) is 0. The molecule has 0 spiro atoms. The van der Waals surface area contributed by atoms with E-state index < -0.39 is 0 Å². The molecule has 0 unspecified atom stereocenters. The Balaban J connectivity index is 2.66. The standard InChI is InChI=1S/C12H13NO/c1-2-7-13-8-10(9-14)11-5-3-4-6-12(11)13/h3-6,8-9H,2,7H2,1H3. The summed E-state index contributed by atoms with van der Waals surface area (Å²) in [6.07, 6.45) is 3.94. The Hall–Kier alpha value is -1.57. The Morgan fingerprint density at radius 1 is 1.36 bits per heavy atom. The van der Waals surface area contributed by atoms with Crippen molar-refractivity contribution in [1.82, 2.24) is 4.57 Å². The topological polar surface area (TPSA) is 22.0 Å². The summed E-state index contributed by atoms with van der Waals surface area (Å²) >= 11 is 0. The number of rotatable bonds is 3. The lowest BCUT2D eigenvalue weighted by molar-refractivity contribution is 0.112. The third kappa shape index (κ3) is 1.33. The Labute approximate surface area is 83.2 Å². The molecule has 1 aromatic heterocycles. The lowest BCUT2D eigenvalue weighted by Gasteiger charge is -2.00. The number of aromatic nitrogens is 1. The van der Waals surface area contributed by atoms with E-state index in [-0.39, 0.29) is 0 Å². The lowest BCUT2D eigenvalue weighted by atomic mass is 10.2. The van der Waals surface area contributed by atoms with Crippen molar-refractivity contribution >= 4 is 17.2 Å². The number of aldehydes is 1. The highest BCUT2D eigenvalue weighted by atomic mass is 16.1. The quantitative estimate of drug-likeness (QED) is 0.677. The van der Waals surface area contributed by atoms with Crippen LogP contribution in [-0.4, -0.2) is 10.9 Å². The zero-order chi connectivity index (χ0) is 9.97. The second-order valence-corrected chi connectivity index (χ2v) is 3.41. The third-order valence-corrected chi connectivity index (χ3v) is 2.41. The molecule has 1 heterocycles. The SMILES string of the molecule is CCCn1cc(C=O)c2ccccc21. The molecule has 0 aliphatic rings. The maximum Gasteiger partial charge on any atom is 0.152 e. The first-order valence-electron chi connectivity index (χ1n) is 4.90. The van der Waals surface area contributed by atoms with Gasteiger partial charge in [0.1, 0.15) is 0 Å². The molecule has 0 radical (unpaired) electrons. The molecule has 14 heavy (non-hydrogen) atoms. The Morgan fingerprint density at radius 3 is 2.86 bits per heavy atom. The summed E-state index contributed by atoms with van der Waals surface area (Å²) in [6.45, 7) is 3.10. The summed E-state index contributed by atoms with van der Waals surface area (Å²) in [4.78, 5) is 10.8. The van der Waals surface area contributed by atoms with Crippen molar-refractivity contribution in [3.05, 3.63) is 36.0 Å². The number of hydrogen-bond donors (Lipinski definition) is 0. The molecule has 72 valence electrons. The highest BCUT2D eigenvalue weighted by molar-refractivity contribution is 5.97. The fourth-order valence-corrected chi connectivity index (χ4v) is 1.79. The number of aryl methyl sites for hydroxylation is 1. The fraction of sp³-hybridized carbons (Fsp3) is 0.250. The zero-order valence-corrected chi connectivity index (χ0v) is 8.23. The summed E-state index contributed by atoms with van der Waals surface area (Å²) in [6, 6.07) is 8.01. The van der Waals surface area contributed by atoms with Gasteiger partial charge in [-0.2, -0.15) is 0 Å². The normalized spacial score (nSPS) is 10.6. The average Bonchev–Trinajstić information content (AvgIpc) is 2.58. The molecular formula is C12H13NO. The summed E-state index contributed by atoms with van der Waals surface area (Å²) < 4.78 is 2.14. The minimum absolute atomic E-state index is 0.786. The van der Waals surface area contributed by atoms with Gasteiger partial charge < -0.3 is 4.57 Å². The van der Waals surface area contributed by atoms with E-state index in [4.69, 9.17) is 0 Å². The predicted molar refractivity (Wildman–Crippen MR) is 57.6 cm³/mol. The van der Waals surface area contributed by atoms with Crippen LogP contribution in [0.3, 0.4) is 0 Å². The molecule has 0 bridgehead atoms. The van der Waals surface area contributed by atoms with Gasteiger partial charge in [0.05, 0.1) is 0 Å². The van der Waals surface area contributed by atoms with Crippen LogP contribution in [0.2, 0.25) is 0 Å². The van der Waals surface area contributed by atoms with Crippen molar-refractivity contribution in [2.24, 2.45) is 0 Å². The van der Waals surface area contributed by atoms with Crippen molar-refractivity contribution in [2.75, 3.05) is 0 Å². The van der Waals surface area contributed by atoms with Crippen LogP contribution in [-0.2, 0) is 6.54 Å². The van der Waals surface area contributed by atoms with Crippen LogP contribution in [0.5, 0.6) is 0 Å². The zero-order valence-electron chi connectivity index (χ0n) is 8.23. The molecule has 0 saturated heterocycles. The fourth-order valence-electron chi connectivity index (χ4n) is 1.79. The van der Waals surface area contributed by atoms with Gasteiger partial charge in [-0.15, -0.1) is 0 Å². The van der Waals surface area contributed by atoms with Gasteiger partial charge in [-0.1, -0.05) is 25.1 Å². The lowest BCUT2D eigenvalue weighted by Crippen LogP contribution is -1.93. The van der Waals surface area contributed by atoms with Gasteiger partial charge in [0.25, 0.3) is 0 Å². The number of carbonyl (C=O) groups is 1. The molecule has 2 aromatic rings. The van der Waals surface area contributed by atoms with Crippen LogP contribution in [0, 0.1) is 0 Å². The van der Waals surface area contributed by atoms with Crippen molar-refractivity contribution < 1.29 is 4.79 Å². The molecule has 0 atom stereocenters. The van der Waals surface area contributed by atoms with E-state index >= 15 is 0 Å². The van der Waals surface area contributed by atoms with Crippen LogP contribution < -0.4 is 0 Å². The smallest absolute Gasteiger partial charge is 0.152 e. The van der Waals surface area contributed by atoms with Crippen molar-refractivity contribution in [2.45, 2.75) is 19.9 Å². The van der Waals surface area contributed by atoms with Gasteiger partial charge in [0, 0.05) is 29.2 Å². The Bertz CT molecular complexity index is 456. The third-order valence-electron chi connectivity index (χ3n) is 2.41. The number of benzene rings is 1. The van der Waals surface area contributed by atoms with Gasteiger partial charge in [-0.05, 0) is 12.5 Å². The van der Waals surface area contributed by atoms with Gasteiger partial charge >= 0.3 is 0 Å². The maximum absolute atomic E-state index is 10.8. The van der Waals surface area contributed by atoms with Gasteiger partial charge in [0.15, 0.2) is 6.29 Å². The first-order valence-corrected chi connectivity index (χ1v) is 4.90. The minimum Gasteiger partial charge on any atom is -0.347 e. The molecule has 0 saturated carbocycles. The molecule has 1 aromatic carbocycles. The summed E-state index contributed by atoms with van der Waals surface area (Å²) in [7, 11) is 0. The number of nitrogens with zero attached hydrogens (tertiary/aromatic N) is 1. The van der Waals surface area contributed by atoms with E-state index in [2.05, 4.69) is 17.6 Å². The Morgan fingerprint density at radius 2 is 2.14 bits per heavy atom. The summed E-state index contributed by atoms with van der Waals surface area (Å²) in [5.41, 5.74) is 1.94. The van der Waals surface area contributed by atoms with Crippen molar-refractivity contribution in [1.29, 1.82) is 0 Å². The average molecular weight is 187 g/mol. The first-order chi connectivity index (χ1) is 6.86. The van der Waals surface area contributed by atoms with Crippen molar-refractivity contribution in [3.8, 4) is 0 Å². The van der Waals surface area contributed by atoms with Crippen LogP contribution >= 0.6 is 0 Å². The van der Waals surface area contributed by atoms with E-state index in [1.165, 1.54) is 0 Å². The largest absolute Gasteiger partial charge is 0.347 e. The van der Waals surface area contributed by atoms with Crippen LogP contribution in [0.25, 0.3) is 10.9 Å². The van der Waals surface area contributed by atoms with E-state index in [1.807, 2.05) is 24.4 Å². The second kappa shape index (κ2) is 3.66. The monoisotopic (exact) mass is 187 g/mol. The molecule has 0 N–H and O–H groups in total. The molecular weight excluding hydrogens is 174 g/mol. The number of carbonyl (C=O) groups excluding carboxylic acids is 1. The van der Waals surface area contributed by atoms with E-state index in [1.54, 1.807) is 0 Å². The van der Waals surface area contributed by atoms with E-state index in [0.29, 0.717) is 0 Å². The molecule has 2 nitrogen and oxygen atoms in total. The van der Waals surface area contributed by atoms with Crippen LogP contribution in [0.4, 0.5) is 0 Å². The number of fused-ring (bicyclic) bond motifs is 1. The first kappa shape index (κ1) is 9.00. The molecule has 0 fully saturated rings. The molecule has 2 rings (SSSR count). The minimum atomic E-state index is 0.786. The molecule has 0 aliphatic carbocycles. The van der Waals surface area contributed by atoms with Crippen LogP contribution in [0.15, 0.2) is 30.5 Å². The van der Waals surface area contributed by atoms with Gasteiger partial charge in [0.2, 0.25) is 0 Å². The second-order valence-electron chi connectivity index (χ2n) is 3.41. The molecule has 2 heteroatoms. The van der Waals surface area contributed by atoms with Crippen molar-refractivity contribution in [3.63, 3.8) is 0 Å². The van der Waals surface area contributed by atoms with Gasteiger partial charge in [-0.3, -0.25) is 4.79 Å². The Kier molecular flexibility index (Phi) is 2.35. The highest BCUT2D eigenvalue weighted by Crippen LogP contribution is 2.19. The van der Waals surface area contributed by atoms with Crippen LogP contribution in [0.1, 0.15) is 23.7 Å². The number of para-hydroxylation sites is 1. The van der Waals surface area contributed by atoms with E-state index in [9.17, 15) is 4.79 Å².